The second-order valence-corrected chi connectivity index (χ2v) is 5.10. The van der Waals surface area contributed by atoms with Gasteiger partial charge in [0, 0.05) is 39.3 Å². The summed E-state index contributed by atoms with van der Waals surface area (Å²) in [4.78, 5) is 13.4. The highest BCUT2D eigenvalue weighted by atomic mass is 15.4. The topological polar surface area (TPSA) is 43.2 Å². The molecule has 0 aromatic rings. The molecule has 0 amide bonds. The minimum atomic E-state index is 0.248. The SMILES string of the molecule is CC(C)/N=C(\N=C1N(C)CCN1C)NC(C)C. The zero-order valence-electron chi connectivity index (χ0n) is 11.9. The lowest BCUT2D eigenvalue weighted by Gasteiger charge is -2.18. The van der Waals surface area contributed by atoms with Crippen LogP contribution in [0.2, 0.25) is 0 Å². The van der Waals surface area contributed by atoms with Crippen LogP contribution in [0.3, 0.4) is 0 Å². The Morgan fingerprint density at radius 2 is 1.65 bits per heavy atom. The number of nitrogens with zero attached hydrogens (tertiary/aromatic N) is 4. The predicted octanol–water partition coefficient (Wildman–Crippen LogP) is 0.982. The first-order valence-corrected chi connectivity index (χ1v) is 6.25. The summed E-state index contributed by atoms with van der Waals surface area (Å²) < 4.78 is 0. The van der Waals surface area contributed by atoms with Gasteiger partial charge >= 0.3 is 0 Å². The van der Waals surface area contributed by atoms with Crippen molar-refractivity contribution in [2.75, 3.05) is 27.2 Å². The summed E-state index contributed by atoms with van der Waals surface area (Å²) in [6, 6.07) is 0.589. The van der Waals surface area contributed by atoms with Crippen LogP contribution in [0.25, 0.3) is 0 Å². The Morgan fingerprint density at radius 1 is 1.12 bits per heavy atom. The van der Waals surface area contributed by atoms with E-state index in [1.807, 2.05) is 0 Å². The molecule has 0 aromatic heterocycles. The van der Waals surface area contributed by atoms with Crippen molar-refractivity contribution in [1.82, 2.24) is 15.1 Å². The number of likely N-dealkylation sites (N-methyl/N-ethyl adjacent to an activating group) is 2. The Labute approximate surface area is 105 Å². The van der Waals surface area contributed by atoms with Gasteiger partial charge in [-0.1, -0.05) is 0 Å². The van der Waals surface area contributed by atoms with E-state index in [2.05, 4.69) is 66.9 Å². The molecule has 0 spiro atoms. The molecule has 5 nitrogen and oxygen atoms in total. The van der Waals surface area contributed by atoms with Crippen LogP contribution in [-0.2, 0) is 0 Å². The third-order valence-corrected chi connectivity index (χ3v) is 2.46. The van der Waals surface area contributed by atoms with E-state index in [9.17, 15) is 0 Å². The summed E-state index contributed by atoms with van der Waals surface area (Å²) in [6.07, 6.45) is 0. The van der Waals surface area contributed by atoms with E-state index in [4.69, 9.17) is 0 Å². The minimum absolute atomic E-state index is 0.248. The van der Waals surface area contributed by atoms with Gasteiger partial charge in [0.05, 0.1) is 0 Å². The van der Waals surface area contributed by atoms with Crippen molar-refractivity contribution >= 4 is 11.9 Å². The highest BCUT2D eigenvalue weighted by Gasteiger charge is 2.20. The molecule has 98 valence electrons. The van der Waals surface area contributed by atoms with Crippen LogP contribution in [0, 0.1) is 0 Å². The molecule has 1 aliphatic rings. The molecular formula is C12H25N5. The fourth-order valence-corrected chi connectivity index (χ4v) is 1.66. The van der Waals surface area contributed by atoms with Crippen molar-refractivity contribution < 1.29 is 0 Å². The highest BCUT2D eigenvalue weighted by Crippen LogP contribution is 2.04. The summed E-state index contributed by atoms with van der Waals surface area (Å²) in [5.41, 5.74) is 0. The first-order valence-electron chi connectivity index (χ1n) is 6.25. The lowest BCUT2D eigenvalue weighted by Crippen LogP contribution is -2.35. The molecule has 0 atom stereocenters. The van der Waals surface area contributed by atoms with E-state index in [0.717, 1.165) is 25.0 Å². The molecule has 0 aliphatic carbocycles. The summed E-state index contributed by atoms with van der Waals surface area (Å²) in [5, 5.41) is 3.29. The molecule has 1 aliphatic heterocycles. The fraction of sp³-hybridized carbons (Fsp3) is 0.833. The van der Waals surface area contributed by atoms with Gasteiger partial charge in [-0.05, 0) is 27.7 Å². The Bertz CT molecular complexity index is 294. The smallest absolute Gasteiger partial charge is 0.221 e. The Hall–Kier alpha value is -1.26. The second-order valence-electron chi connectivity index (χ2n) is 5.10. The molecule has 1 heterocycles. The van der Waals surface area contributed by atoms with Crippen LogP contribution in [0.4, 0.5) is 0 Å². The van der Waals surface area contributed by atoms with Crippen LogP contribution in [-0.4, -0.2) is 61.0 Å². The van der Waals surface area contributed by atoms with E-state index >= 15 is 0 Å². The van der Waals surface area contributed by atoms with Gasteiger partial charge in [-0.15, -0.1) is 0 Å². The van der Waals surface area contributed by atoms with Gasteiger partial charge < -0.3 is 15.1 Å². The quantitative estimate of drug-likeness (QED) is 0.577. The van der Waals surface area contributed by atoms with Crippen molar-refractivity contribution in [2.45, 2.75) is 39.8 Å². The monoisotopic (exact) mass is 239 g/mol. The molecule has 5 heteroatoms. The van der Waals surface area contributed by atoms with Crippen molar-refractivity contribution in [3.63, 3.8) is 0 Å². The van der Waals surface area contributed by atoms with Crippen molar-refractivity contribution in [3.8, 4) is 0 Å². The number of hydrogen-bond acceptors (Lipinski definition) is 1. The molecule has 1 rings (SSSR count). The number of guanidine groups is 2. The van der Waals surface area contributed by atoms with Gasteiger partial charge in [0.25, 0.3) is 0 Å². The molecule has 0 aromatic carbocycles. The molecule has 0 unspecified atom stereocenters. The largest absolute Gasteiger partial charge is 0.352 e. The van der Waals surface area contributed by atoms with Gasteiger partial charge in [0.15, 0.2) is 0 Å². The summed E-state index contributed by atoms with van der Waals surface area (Å²) in [5.74, 6) is 1.71. The lowest BCUT2D eigenvalue weighted by atomic mass is 10.4. The Kier molecular flexibility index (Phi) is 4.78. The van der Waals surface area contributed by atoms with Crippen molar-refractivity contribution in [2.24, 2.45) is 9.98 Å². The minimum Gasteiger partial charge on any atom is -0.352 e. The molecule has 1 fully saturated rings. The molecule has 1 saturated heterocycles. The highest BCUT2D eigenvalue weighted by molar-refractivity contribution is 5.95. The number of rotatable bonds is 2. The summed E-state index contributed by atoms with van der Waals surface area (Å²) in [7, 11) is 4.12. The average molecular weight is 239 g/mol. The second kappa shape index (κ2) is 5.89. The van der Waals surface area contributed by atoms with E-state index in [0.29, 0.717) is 6.04 Å². The number of aliphatic imine (C=N–C) groups is 2. The summed E-state index contributed by atoms with van der Waals surface area (Å²) in [6.45, 7) is 10.3. The van der Waals surface area contributed by atoms with E-state index in [1.54, 1.807) is 0 Å². The van der Waals surface area contributed by atoms with E-state index in [1.165, 1.54) is 0 Å². The Balaban J connectivity index is 2.87. The van der Waals surface area contributed by atoms with Gasteiger partial charge in [-0.2, -0.15) is 4.99 Å². The lowest BCUT2D eigenvalue weighted by molar-refractivity contribution is 0.553. The van der Waals surface area contributed by atoms with Crippen LogP contribution in [0.15, 0.2) is 9.98 Å². The zero-order chi connectivity index (χ0) is 13.0. The first kappa shape index (κ1) is 13.8. The third-order valence-electron chi connectivity index (χ3n) is 2.46. The Morgan fingerprint density at radius 3 is 2.06 bits per heavy atom. The average Bonchev–Trinajstić information content (AvgIpc) is 2.47. The van der Waals surface area contributed by atoms with Gasteiger partial charge in [-0.25, -0.2) is 4.99 Å². The maximum Gasteiger partial charge on any atom is 0.221 e. The van der Waals surface area contributed by atoms with Gasteiger partial charge in [0.1, 0.15) is 0 Å². The molecule has 17 heavy (non-hydrogen) atoms. The molecule has 0 saturated carbocycles. The molecule has 1 N–H and O–H groups in total. The zero-order valence-corrected chi connectivity index (χ0v) is 11.9. The standard InChI is InChI=1S/C12H25N5/c1-9(2)13-11(14-10(3)4)15-12-16(5)7-8-17(12)6/h9-10H,7-8H2,1-6H3,(H,13,14). The van der Waals surface area contributed by atoms with E-state index < -0.39 is 0 Å². The van der Waals surface area contributed by atoms with Gasteiger partial charge in [-0.3, -0.25) is 0 Å². The fourth-order valence-electron chi connectivity index (χ4n) is 1.66. The van der Waals surface area contributed by atoms with Crippen LogP contribution in [0.1, 0.15) is 27.7 Å². The van der Waals surface area contributed by atoms with Crippen molar-refractivity contribution in [1.29, 1.82) is 0 Å². The predicted molar refractivity (Wildman–Crippen MR) is 73.5 cm³/mol. The van der Waals surface area contributed by atoms with Gasteiger partial charge in [0.2, 0.25) is 11.9 Å². The van der Waals surface area contributed by atoms with E-state index in [-0.39, 0.29) is 6.04 Å². The first-order chi connectivity index (χ1) is 7.90. The number of nitrogens with one attached hydrogen (secondary N) is 1. The number of hydrogen-bond donors (Lipinski definition) is 1. The normalized spacial score (nSPS) is 17.4. The van der Waals surface area contributed by atoms with Crippen molar-refractivity contribution in [3.05, 3.63) is 0 Å². The maximum absolute atomic E-state index is 4.63. The molecule has 0 bridgehead atoms. The maximum atomic E-state index is 4.63. The third kappa shape index (κ3) is 4.24. The van der Waals surface area contributed by atoms with Crippen LogP contribution >= 0.6 is 0 Å². The van der Waals surface area contributed by atoms with Crippen LogP contribution < -0.4 is 5.32 Å². The molecular weight excluding hydrogens is 214 g/mol. The summed E-state index contributed by atoms with van der Waals surface area (Å²) >= 11 is 0. The molecule has 0 radical (unpaired) electrons. The van der Waals surface area contributed by atoms with Crippen LogP contribution in [0.5, 0.6) is 0 Å².